The van der Waals surface area contributed by atoms with Crippen LogP contribution in [0.2, 0.25) is 0 Å². The van der Waals surface area contributed by atoms with Gasteiger partial charge in [0.05, 0.1) is 29.2 Å². The first kappa shape index (κ1) is 14.6. The number of nitrogens with zero attached hydrogens (tertiary/aromatic N) is 3. The highest BCUT2D eigenvalue weighted by atomic mass is 32.1. The lowest BCUT2D eigenvalue weighted by Crippen LogP contribution is -2.12. The van der Waals surface area contributed by atoms with Crippen LogP contribution in [0.1, 0.15) is 16.2 Å². The zero-order valence-electron chi connectivity index (χ0n) is 13.1. The van der Waals surface area contributed by atoms with Gasteiger partial charge in [0, 0.05) is 11.9 Å². The summed E-state index contributed by atoms with van der Waals surface area (Å²) in [5.41, 5.74) is 2.92. The van der Waals surface area contributed by atoms with Crippen molar-refractivity contribution < 1.29 is 9.53 Å². The molecule has 0 saturated heterocycles. The Bertz CT molecular complexity index is 1050. The Balaban J connectivity index is 1.67. The summed E-state index contributed by atoms with van der Waals surface area (Å²) in [5.74, 6) is 0.551. The topological polar surface area (TPSA) is 68.5 Å². The smallest absolute Gasteiger partial charge is 0.275 e. The van der Waals surface area contributed by atoms with Gasteiger partial charge in [0.2, 0.25) is 0 Å². The minimum absolute atomic E-state index is 0.252. The lowest BCUT2D eigenvalue weighted by molar-refractivity contribution is 0.102. The van der Waals surface area contributed by atoms with E-state index in [-0.39, 0.29) is 5.91 Å². The van der Waals surface area contributed by atoms with Gasteiger partial charge in [-0.3, -0.25) is 14.2 Å². The molecule has 24 heavy (non-hydrogen) atoms. The van der Waals surface area contributed by atoms with Crippen LogP contribution in [0.5, 0.6) is 5.75 Å². The molecule has 7 heteroatoms. The number of hydrogen-bond acceptors (Lipinski definition) is 5. The molecule has 3 aromatic heterocycles. The third-order valence-corrected chi connectivity index (χ3v) is 4.72. The van der Waals surface area contributed by atoms with Crippen molar-refractivity contribution in [2.75, 3.05) is 12.4 Å². The molecular weight excluding hydrogens is 324 g/mol. The largest absolute Gasteiger partial charge is 0.497 e. The number of carbonyl (C=O) groups is 1. The standard InChI is InChI=1S/C17H14N4O2S/c1-10-3-4-11(8-18-10)19-16(22)13-9-21-14-6-5-12(23-2)7-15(14)24-17(21)20-13/h3-9H,1-2H3,(H,19,22). The maximum absolute atomic E-state index is 12.4. The highest BCUT2D eigenvalue weighted by molar-refractivity contribution is 7.23. The van der Waals surface area contributed by atoms with Crippen LogP contribution < -0.4 is 10.1 Å². The lowest BCUT2D eigenvalue weighted by atomic mass is 10.3. The van der Waals surface area contributed by atoms with E-state index >= 15 is 0 Å². The summed E-state index contributed by atoms with van der Waals surface area (Å²) in [4.78, 5) is 21.7. The molecule has 0 fully saturated rings. The number of pyridine rings is 1. The van der Waals surface area contributed by atoms with Crippen molar-refractivity contribution in [2.45, 2.75) is 6.92 Å². The fourth-order valence-electron chi connectivity index (χ4n) is 2.45. The Hall–Kier alpha value is -2.93. The highest BCUT2D eigenvalue weighted by Gasteiger charge is 2.15. The van der Waals surface area contributed by atoms with Crippen LogP contribution in [0.3, 0.4) is 0 Å². The van der Waals surface area contributed by atoms with Crippen molar-refractivity contribution in [2.24, 2.45) is 0 Å². The minimum atomic E-state index is -0.252. The third-order valence-electron chi connectivity index (χ3n) is 3.70. The molecule has 1 N–H and O–H groups in total. The van der Waals surface area contributed by atoms with Gasteiger partial charge in [-0.15, -0.1) is 0 Å². The first-order valence-electron chi connectivity index (χ1n) is 7.34. The predicted octanol–water partition coefficient (Wildman–Crippen LogP) is 3.51. The zero-order chi connectivity index (χ0) is 16.7. The average molecular weight is 338 g/mol. The number of aromatic nitrogens is 3. The van der Waals surface area contributed by atoms with Gasteiger partial charge >= 0.3 is 0 Å². The van der Waals surface area contributed by atoms with Crippen LogP contribution in [0, 0.1) is 6.92 Å². The quantitative estimate of drug-likeness (QED) is 0.621. The van der Waals surface area contributed by atoms with Crippen LogP contribution in [0.4, 0.5) is 5.69 Å². The molecule has 4 aromatic rings. The maximum Gasteiger partial charge on any atom is 0.275 e. The van der Waals surface area contributed by atoms with E-state index in [1.807, 2.05) is 41.7 Å². The number of amides is 1. The molecule has 0 saturated carbocycles. The molecule has 0 bridgehead atoms. The van der Waals surface area contributed by atoms with E-state index in [4.69, 9.17) is 4.74 Å². The molecule has 1 amide bonds. The summed E-state index contributed by atoms with van der Waals surface area (Å²) in [7, 11) is 1.64. The molecule has 0 aliphatic carbocycles. The van der Waals surface area contributed by atoms with Gasteiger partial charge in [0.25, 0.3) is 5.91 Å². The molecule has 0 aliphatic heterocycles. The van der Waals surface area contributed by atoms with E-state index in [1.54, 1.807) is 19.5 Å². The van der Waals surface area contributed by atoms with Crippen molar-refractivity contribution in [3.05, 3.63) is 54.1 Å². The molecule has 6 nitrogen and oxygen atoms in total. The van der Waals surface area contributed by atoms with Gasteiger partial charge in [-0.2, -0.15) is 0 Å². The summed E-state index contributed by atoms with van der Waals surface area (Å²) in [6.45, 7) is 1.90. The van der Waals surface area contributed by atoms with E-state index in [1.165, 1.54) is 11.3 Å². The van der Waals surface area contributed by atoms with E-state index < -0.39 is 0 Å². The Morgan fingerprint density at radius 2 is 2.17 bits per heavy atom. The monoisotopic (exact) mass is 338 g/mol. The molecule has 0 aliphatic rings. The Kier molecular flexibility index (Phi) is 3.42. The summed E-state index contributed by atoms with van der Waals surface area (Å²) in [6.07, 6.45) is 3.38. The molecule has 0 unspecified atom stereocenters. The second-order valence-corrected chi connectivity index (χ2v) is 6.37. The molecule has 1 aromatic carbocycles. The van der Waals surface area contributed by atoms with Crippen LogP contribution in [-0.4, -0.2) is 27.4 Å². The summed E-state index contributed by atoms with van der Waals surface area (Å²) < 4.78 is 8.22. The van der Waals surface area contributed by atoms with Crippen LogP contribution >= 0.6 is 11.3 Å². The fraction of sp³-hybridized carbons (Fsp3) is 0.118. The number of aryl methyl sites for hydroxylation is 1. The van der Waals surface area contributed by atoms with Crippen molar-refractivity contribution in [1.29, 1.82) is 0 Å². The van der Waals surface area contributed by atoms with Gasteiger partial charge in [-0.1, -0.05) is 11.3 Å². The van der Waals surface area contributed by atoms with E-state index in [2.05, 4.69) is 15.3 Å². The Morgan fingerprint density at radius 3 is 2.92 bits per heavy atom. The number of benzene rings is 1. The zero-order valence-corrected chi connectivity index (χ0v) is 13.9. The number of carbonyl (C=O) groups excluding carboxylic acids is 1. The second-order valence-electron chi connectivity index (χ2n) is 5.36. The SMILES string of the molecule is COc1ccc2c(c1)sc1nc(C(=O)Nc3ccc(C)nc3)cn12. The first-order chi connectivity index (χ1) is 11.6. The fourth-order valence-corrected chi connectivity index (χ4v) is 3.49. The second kappa shape index (κ2) is 5.61. The van der Waals surface area contributed by atoms with Gasteiger partial charge in [-0.05, 0) is 37.3 Å². The number of imidazole rings is 1. The average Bonchev–Trinajstić information content (AvgIpc) is 3.14. The van der Waals surface area contributed by atoms with E-state index in [9.17, 15) is 4.79 Å². The van der Waals surface area contributed by atoms with E-state index in [0.717, 1.165) is 26.6 Å². The predicted molar refractivity (Wildman–Crippen MR) is 94.1 cm³/mol. The van der Waals surface area contributed by atoms with Crippen molar-refractivity contribution >= 4 is 38.1 Å². The lowest BCUT2D eigenvalue weighted by Gasteiger charge is -2.02. The normalized spacial score (nSPS) is 11.1. The number of thiazole rings is 1. The molecular formula is C17H14N4O2S. The Morgan fingerprint density at radius 1 is 1.29 bits per heavy atom. The number of methoxy groups -OCH3 is 1. The number of nitrogens with one attached hydrogen (secondary N) is 1. The van der Waals surface area contributed by atoms with Crippen molar-refractivity contribution in [3.63, 3.8) is 0 Å². The molecule has 4 rings (SSSR count). The number of ether oxygens (including phenoxy) is 1. The molecule has 0 atom stereocenters. The number of rotatable bonds is 3. The summed E-state index contributed by atoms with van der Waals surface area (Å²) in [6, 6.07) is 9.49. The van der Waals surface area contributed by atoms with Crippen molar-refractivity contribution in [3.8, 4) is 5.75 Å². The van der Waals surface area contributed by atoms with Crippen molar-refractivity contribution in [1.82, 2.24) is 14.4 Å². The number of hydrogen-bond donors (Lipinski definition) is 1. The Labute approximate surface area is 141 Å². The van der Waals surface area contributed by atoms with Crippen LogP contribution in [-0.2, 0) is 0 Å². The van der Waals surface area contributed by atoms with Gasteiger partial charge in [-0.25, -0.2) is 4.98 Å². The van der Waals surface area contributed by atoms with Crippen LogP contribution in [0.15, 0.2) is 42.7 Å². The van der Waals surface area contributed by atoms with Gasteiger partial charge in [0.15, 0.2) is 4.96 Å². The molecule has 3 heterocycles. The van der Waals surface area contributed by atoms with E-state index in [0.29, 0.717) is 11.4 Å². The summed E-state index contributed by atoms with van der Waals surface area (Å²) >= 11 is 1.52. The first-order valence-corrected chi connectivity index (χ1v) is 8.15. The number of anilines is 1. The number of fused-ring (bicyclic) bond motifs is 3. The minimum Gasteiger partial charge on any atom is -0.497 e. The highest BCUT2D eigenvalue weighted by Crippen LogP contribution is 2.29. The van der Waals surface area contributed by atoms with Gasteiger partial charge < -0.3 is 10.1 Å². The third kappa shape index (κ3) is 2.48. The van der Waals surface area contributed by atoms with Crippen LogP contribution in [0.25, 0.3) is 15.2 Å². The summed E-state index contributed by atoms with van der Waals surface area (Å²) in [5, 5.41) is 2.81. The maximum atomic E-state index is 12.4. The molecule has 0 spiro atoms. The molecule has 0 radical (unpaired) electrons. The van der Waals surface area contributed by atoms with Gasteiger partial charge in [0.1, 0.15) is 11.4 Å². The molecule has 120 valence electrons.